The van der Waals surface area contributed by atoms with Gasteiger partial charge in [-0.2, -0.15) is 3.63 Å². The molecule has 0 bridgehead atoms. The van der Waals surface area contributed by atoms with Gasteiger partial charge < -0.3 is 9.11 Å². The molecule has 0 unspecified atom stereocenters. The molecule has 2 rings (SSSR count). The number of aromatic nitrogens is 2. The summed E-state index contributed by atoms with van der Waals surface area (Å²) in [5.74, 6) is 0. The van der Waals surface area contributed by atoms with E-state index in [9.17, 15) is 25.9 Å². The van der Waals surface area contributed by atoms with Crippen molar-refractivity contribution in [3.63, 3.8) is 0 Å². The monoisotopic (exact) mass is 672 g/mol. The van der Waals surface area contributed by atoms with Gasteiger partial charge in [0.05, 0.1) is 0 Å². The standard InChI is InChI=1S/2C17H30N.H2O7S2/c2*1-2-3-4-5-6-7-8-9-10-12-15-18-16-13-11-14-17-18;1-8(2,3)7-9(4,5)6/h2*11,13-14,16-17H,2-10,12,15H2,1H3;(H,1,2,3)(H,4,5,6)/q2*+1;/p-2. The quantitative estimate of drug-likeness (QED) is 0.0483. The number of rotatable bonds is 24. The third-order valence-corrected chi connectivity index (χ3v) is 8.59. The van der Waals surface area contributed by atoms with Crippen LogP contribution in [0.1, 0.15) is 142 Å². The van der Waals surface area contributed by atoms with Crippen LogP contribution in [0.25, 0.3) is 0 Å². The van der Waals surface area contributed by atoms with Gasteiger partial charge >= 0.3 is 0 Å². The molecule has 0 spiro atoms. The van der Waals surface area contributed by atoms with Crippen molar-refractivity contribution >= 4 is 20.8 Å². The van der Waals surface area contributed by atoms with Crippen molar-refractivity contribution < 1.29 is 38.7 Å². The Kier molecular flexibility index (Phi) is 28.2. The van der Waals surface area contributed by atoms with E-state index >= 15 is 0 Å². The minimum atomic E-state index is -5.43. The highest BCUT2D eigenvalue weighted by molar-refractivity contribution is 7.94. The van der Waals surface area contributed by atoms with Crippen LogP contribution >= 0.6 is 0 Å². The number of pyridine rings is 2. The van der Waals surface area contributed by atoms with Crippen LogP contribution < -0.4 is 9.13 Å². The predicted octanol–water partition coefficient (Wildman–Crippen LogP) is 7.71. The normalized spacial score (nSPS) is 11.3. The molecular weight excluding hydrogens is 613 g/mol. The zero-order chi connectivity index (χ0) is 33.5. The maximum absolute atomic E-state index is 9.29. The number of aryl methyl sites for hydroxylation is 2. The number of hydrogen-bond acceptors (Lipinski definition) is 7. The molecule has 45 heavy (non-hydrogen) atoms. The van der Waals surface area contributed by atoms with E-state index in [1.54, 1.807) is 0 Å². The van der Waals surface area contributed by atoms with Crippen molar-refractivity contribution in [2.24, 2.45) is 0 Å². The van der Waals surface area contributed by atoms with Crippen LogP contribution in [0.3, 0.4) is 0 Å². The molecule has 0 amide bonds. The van der Waals surface area contributed by atoms with E-state index in [0.29, 0.717) is 0 Å². The first-order valence-corrected chi connectivity index (χ1v) is 19.7. The van der Waals surface area contributed by atoms with Crippen LogP contribution in [0.15, 0.2) is 61.2 Å². The predicted molar refractivity (Wildman–Crippen MR) is 177 cm³/mol. The third-order valence-electron chi connectivity index (χ3n) is 7.26. The van der Waals surface area contributed by atoms with Crippen LogP contribution in [-0.2, 0) is 37.5 Å². The van der Waals surface area contributed by atoms with E-state index < -0.39 is 20.8 Å². The fourth-order valence-corrected chi connectivity index (χ4v) is 5.65. The molecule has 0 N–H and O–H groups in total. The molecule has 0 aliphatic heterocycles. The second-order valence-electron chi connectivity index (χ2n) is 11.5. The first kappa shape index (κ1) is 43.1. The summed E-state index contributed by atoms with van der Waals surface area (Å²) in [5, 5.41) is 0. The molecular formula is C34H60N2O7S2. The van der Waals surface area contributed by atoms with Crippen LogP contribution in [0.5, 0.6) is 0 Å². The Balaban J connectivity index is 0.000000684. The van der Waals surface area contributed by atoms with E-state index in [1.807, 2.05) is 0 Å². The summed E-state index contributed by atoms with van der Waals surface area (Å²) in [6.07, 6.45) is 36.9. The number of nitrogens with zero attached hydrogens (tertiary/aromatic N) is 2. The van der Waals surface area contributed by atoms with Crippen molar-refractivity contribution in [1.29, 1.82) is 0 Å². The van der Waals surface area contributed by atoms with Gasteiger partial charge in [0.2, 0.25) is 20.8 Å². The van der Waals surface area contributed by atoms with E-state index in [4.69, 9.17) is 0 Å². The summed E-state index contributed by atoms with van der Waals surface area (Å²) in [5.41, 5.74) is 0. The smallest absolute Gasteiger partial charge is 0.231 e. The van der Waals surface area contributed by atoms with Gasteiger partial charge in [-0.1, -0.05) is 129 Å². The summed E-state index contributed by atoms with van der Waals surface area (Å²) < 4.78 is 62.8. The average Bonchev–Trinajstić information content (AvgIpc) is 2.99. The topological polar surface area (TPSA) is 131 Å². The maximum Gasteiger partial charge on any atom is 0.231 e. The second kappa shape index (κ2) is 29.5. The van der Waals surface area contributed by atoms with Gasteiger partial charge in [0.1, 0.15) is 13.1 Å². The van der Waals surface area contributed by atoms with Crippen LogP contribution in [0.4, 0.5) is 0 Å². The van der Waals surface area contributed by atoms with E-state index in [2.05, 4.69) is 87.8 Å². The Hall–Kier alpha value is -1.92. The zero-order valence-corrected chi connectivity index (χ0v) is 29.5. The highest BCUT2D eigenvalue weighted by Crippen LogP contribution is 2.11. The fraction of sp³-hybridized carbons (Fsp3) is 0.706. The summed E-state index contributed by atoms with van der Waals surface area (Å²) in [4.78, 5) is 0. The average molecular weight is 673 g/mol. The lowest BCUT2D eigenvalue weighted by molar-refractivity contribution is -0.697. The third kappa shape index (κ3) is 34.8. The number of unbranched alkanes of at least 4 members (excludes halogenated alkanes) is 18. The van der Waals surface area contributed by atoms with Crippen molar-refractivity contribution in [3.8, 4) is 0 Å². The first-order valence-electron chi connectivity index (χ1n) is 17.1. The van der Waals surface area contributed by atoms with Gasteiger partial charge in [-0.3, -0.25) is 0 Å². The molecule has 11 heteroatoms. The molecule has 0 aromatic carbocycles. The lowest BCUT2D eigenvalue weighted by Crippen LogP contribution is -2.32. The minimum absolute atomic E-state index is 1.18. The highest BCUT2D eigenvalue weighted by Gasteiger charge is 2.00. The molecule has 2 heterocycles. The molecule has 9 nitrogen and oxygen atoms in total. The van der Waals surface area contributed by atoms with E-state index in [1.165, 1.54) is 142 Å². The summed E-state index contributed by atoms with van der Waals surface area (Å²) in [6.45, 7) is 6.92. The molecule has 0 aliphatic carbocycles. The summed E-state index contributed by atoms with van der Waals surface area (Å²) in [7, 11) is -10.9. The van der Waals surface area contributed by atoms with Crippen LogP contribution in [0.2, 0.25) is 0 Å². The summed E-state index contributed by atoms with van der Waals surface area (Å²) in [6, 6.07) is 12.6. The molecule has 0 atom stereocenters. The highest BCUT2D eigenvalue weighted by atomic mass is 32.3. The van der Waals surface area contributed by atoms with Gasteiger partial charge in [-0.05, 0) is 12.8 Å². The Morgan fingerprint density at radius 3 is 0.889 bits per heavy atom. The molecule has 0 saturated heterocycles. The zero-order valence-electron chi connectivity index (χ0n) is 27.9. The largest absolute Gasteiger partial charge is 0.725 e. The molecule has 0 aliphatic rings. The van der Waals surface area contributed by atoms with Gasteiger partial charge in [0, 0.05) is 37.1 Å². The Labute approximate surface area is 275 Å². The van der Waals surface area contributed by atoms with Crippen molar-refractivity contribution in [1.82, 2.24) is 0 Å². The molecule has 0 fully saturated rings. The van der Waals surface area contributed by atoms with Gasteiger partial charge in [-0.25, -0.2) is 26.0 Å². The van der Waals surface area contributed by atoms with Crippen molar-refractivity contribution in [2.45, 2.75) is 155 Å². The Morgan fingerprint density at radius 1 is 0.422 bits per heavy atom. The van der Waals surface area contributed by atoms with Gasteiger partial charge in [-0.15, -0.1) is 0 Å². The van der Waals surface area contributed by atoms with E-state index in [0.717, 1.165) is 0 Å². The lowest BCUT2D eigenvalue weighted by atomic mass is 10.1. The fourth-order valence-electron chi connectivity index (χ4n) is 4.83. The molecule has 2 aromatic rings. The van der Waals surface area contributed by atoms with Crippen molar-refractivity contribution in [3.05, 3.63) is 61.2 Å². The molecule has 0 saturated carbocycles. The Bertz CT molecular complexity index is 1030. The van der Waals surface area contributed by atoms with Gasteiger partial charge in [0.25, 0.3) is 0 Å². The molecule has 260 valence electrons. The van der Waals surface area contributed by atoms with Crippen molar-refractivity contribution in [2.75, 3.05) is 0 Å². The minimum Gasteiger partial charge on any atom is -0.725 e. The molecule has 0 radical (unpaired) electrons. The maximum atomic E-state index is 9.29. The van der Waals surface area contributed by atoms with Crippen LogP contribution in [-0.4, -0.2) is 25.9 Å². The van der Waals surface area contributed by atoms with E-state index in [-0.39, 0.29) is 0 Å². The summed E-state index contributed by atoms with van der Waals surface area (Å²) >= 11 is 0. The number of hydrogen-bond donors (Lipinski definition) is 0. The SMILES string of the molecule is CCCCCCCCCCCC[n+]1ccccc1.CCCCCCCCCCCC[n+]1ccccc1.O=S(=O)([O-])OS(=O)(=O)[O-]. The van der Waals surface area contributed by atoms with Gasteiger partial charge in [0.15, 0.2) is 24.8 Å². The van der Waals surface area contributed by atoms with Crippen LogP contribution in [0, 0.1) is 0 Å². The first-order chi connectivity index (χ1) is 21.6. The molecule has 2 aromatic heterocycles. The lowest BCUT2D eigenvalue weighted by Gasteiger charge is -2.08. The second-order valence-corrected chi connectivity index (χ2v) is 13.7. The Morgan fingerprint density at radius 2 is 0.667 bits per heavy atom.